The van der Waals surface area contributed by atoms with Gasteiger partial charge in [0.15, 0.2) is 9.84 Å². The summed E-state index contributed by atoms with van der Waals surface area (Å²) in [5.41, 5.74) is 0.616. The van der Waals surface area contributed by atoms with Gasteiger partial charge in [-0.2, -0.15) is 0 Å². The predicted molar refractivity (Wildman–Crippen MR) is 72.5 cm³/mol. The molecule has 6 heteroatoms. The van der Waals surface area contributed by atoms with Crippen LogP contribution in [-0.2, 0) is 16.3 Å². The van der Waals surface area contributed by atoms with Crippen LogP contribution in [0.5, 0.6) is 0 Å². The minimum Gasteiger partial charge on any atom is -0.396 e. The van der Waals surface area contributed by atoms with Gasteiger partial charge in [-0.25, -0.2) is 12.8 Å². The zero-order valence-corrected chi connectivity index (χ0v) is 11.9. The highest BCUT2D eigenvalue weighted by atomic mass is 35.5. The van der Waals surface area contributed by atoms with E-state index < -0.39 is 15.7 Å². The summed E-state index contributed by atoms with van der Waals surface area (Å²) in [5.74, 6) is -0.489. The Morgan fingerprint density at radius 2 is 2.21 bits per heavy atom. The van der Waals surface area contributed by atoms with Crippen molar-refractivity contribution in [1.29, 1.82) is 0 Å². The second-order valence-electron chi connectivity index (χ2n) is 5.02. The molecule has 1 saturated heterocycles. The normalized spacial score (nSPS) is 23.4. The Bertz CT molecular complexity index is 559. The van der Waals surface area contributed by atoms with Gasteiger partial charge >= 0.3 is 0 Å². The van der Waals surface area contributed by atoms with Crippen molar-refractivity contribution in [2.24, 2.45) is 11.8 Å². The lowest BCUT2D eigenvalue weighted by Crippen LogP contribution is -2.22. The lowest BCUT2D eigenvalue weighted by atomic mass is 9.87. The van der Waals surface area contributed by atoms with Crippen molar-refractivity contribution in [2.45, 2.75) is 12.8 Å². The van der Waals surface area contributed by atoms with Crippen LogP contribution in [0.4, 0.5) is 4.39 Å². The van der Waals surface area contributed by atoms with Crippen LogP contribution in [0.15, 0.2) is 18.2 Å². The molecule has 0 bridgehead atoms. The number of rotatable bonds is 4. The molecule has 2 rings (SSSR count). The van der Waals surface area contributed by atoms with Gasteiger partial charge in [-0.15, -0.1) is 0 Å². The molecule has 1 aliphatic rings. The number of benzene rings is 1. The predicted octanol–water partition coefficient (Wildman–Crippen LogP) is 2.06. The summed E-state index contributed by atoms with van der Waals surface area (Å²) in [6.45, 7) is -0.118. The monoisotopic (exact) mass is 306 g/mol. The summed E-state index contributed by atoms with van der Waals surface area (Å²) < 4.78 is 36.3. The van der Waals surface area contributed by atoms with Gasteiger partial charge in [-0.1, -0.05) is 23.7 Å². The first-order valence-corrected chi connectivity index (χ1v) is 8.37. The van der Waals surface area contributed by atoms with E-state index in [0.29, 0.717) is 18.4 Å². The molecule has 1 N–H and O–H groups in total. The Balaban J connectivity index is 2.14. The molecule has 1 fully saturated rings. The molecule has 1 heterocycles. The Hall–Kier alpha value is -0.650. The molecule has 0 radical (unpaired) electrons. The zero-order valence-electron chi connectivity index (χ0n) is 10.4. The van der Waals surface area contributed by atoms with Crippen molar-refractivity contribution in [2.75, 3.05) is 18.1 Å². The van der Waals surface area contributed by atoms with Crippen LogP contribution in [0.3, 0.4) is 0 Å². The Morgan fingerprint density at radius 3 is 2.79 bits per heavy atom. The van der Waals surface area contributed by atoms with Gasteiger partial charge in [0.2, 0.25) is 0 Å². The van der Waals surface area contributed by atoms with E-state index in [0.717, 1.165) is 0 Å². The van der Waals surface area contributed by atoms with Crippen LogP contribution in [0.2, 0.25) is 5.02 Å². The number of aliphatic hydroxyl groups is 1. The molecule has 3 nitrogen and oxygen atoms in total. The summed E-state index contributed by atoms with van der Waals surface area (Å²) in [4.78, 5) is 0. The van der Waals surface area contributed by atoms with Crippen LogP contribution in [0.25, 0.3) is 0 Å². The first kappa shape index (κ1) is 14.8. The highest BCUT2D eigenvalue weighted by Crippen LogP contribution is 2.30. The van der Waals surface area contributed by atoms with Crippen molar-refractivity contribution >= 4 is 21.4 Å². The van der Waals surface area contributed by atoms with E-state index in [1.54, 1.807) is 12.1 Å². The molecule has 0 spiro atoms. The molecule has 2 atom stereocenters. The molecule has 0 aromatic heterocycles. The molecule has 0 amide bonds. The average molecular weight is 307 g/mol. The minimum absolute atomic E-state index is 0.0572. The van der Waals surface area contributed by atoms with Crippen LogP contribution in [-0.4, -0.2) is 31.6 Å². The van der Waals surface area contributed by atoms with Gasteiger partial charge < -0.3 is 5.11 Å². The molecule has 1 aliphatic heterocycles. The highest BCUT2D eigenvalue weighted by molar-refractivity contribution is 7.91. The lowest BCUT2D eigenvalue weighted by molar-refractivity contribution is 0.184. The average Bonchev–Trinajstić information content (AvgIpc) is 2.71. The van der Waals surface area contributed by atoms with Crippen molar-refractivity contribution in [3.8, 4) is 0 Å². The number of aliphatic hydroxyl groups excluding tert-OH is 1. The van der Waals surface area contributed by atoms with Gasteiger partial charge in [0.05, 0.1) is 16.5 Å². The standard InChI is InChI=1S/C13H16ClFO3S/c14-13-9(2-1-3-12(13)15)6-11(7-16)10-4-5-19(17,18)8-10/h1-3,10-11,16H,4-8H2. The molecular weight excluding hydrogens is 291 g/mol. The number of sulfone groups is 1. The van der Waals surface area contributed by atoms with Crippen molar-refractivity contribution in [3.63, 3.8) is 0 Å². The van der Waals surface area contributed by atoms with Crippen LogP contribution < -0.4 is 0 Å². The fourth-order valence-corrected chi connectivity index (χ4v) is 4.69. The van der Waals surface area contributed by atoms with E-state index in [-0.39, 0.29) is 35.0 Å². The zero-order chi connectivity index (χ0) is 14.0. The van der Waals surface area contributed by atoms with E-state index in [9.17, 15) is 17.9 Å². The maximum Gasteiger partial charge on any atom is 0.150 e. The first-order chi connectivity index (χ1) is 8.93. The van der Waals surface area contributed by atoms with Gasteiger partial charge in [0.1, 0.15) is 5.82 Å². The summed E-state index contributed by atoms with van der Waals surface area (Å²) in [6, 6.07) is 4.55. The second kappa shape index (κ2) is 5.77. The molecule has 1 aromatic rings. The highest BCUT2D eigenvalue weighted by Gasteiger charge is 2.33. The smallest absolute Gasteiger partial charge is 0.150 e. The molecule has 2 unspecified atom stereocenters. The SMILES string of the molecule is O=S1(=O)CCC(C(CO)Cc2cccc(F)c2Cl)C1. The largest absolute Gasteiger partial charge is 0.396 e. The number of hydrogen-bond donors (Lipinski definition) is 1. The second-order valence-corrected chi connectivity index (χ2v) is 7.63. The van der Waals surface area contributed by atoms with Crippen LogP contribution in [0, 0.1) is 17.7 Å². The van der Waals surface area contributed by atoms with Gasteiger partial charge in [0.25, 0.3) is 0 Å². The third kappa shape index (κ3) is 3.46. The third-order valence-electron chi connectivity index (χ3n) is 3.68. The lowest BCUT2D eigenvalue weighted by Gasteiger charge is -2.20. The Kier molecular flexibility index (Phi) is 4.48. The fraction of sp³-hybridized carbons (Fsp3) is 0.538. The van der Waals surface area contributed by atoms with E-state index >= 15 is 0 Å². The van der Waals surface area contributed by atoms with Gasteiger partial charge in [-0.3, -0.25) is 0 Å². The van der Waals surface area contributed by atoms with E-state index in [4.69, 9.17) is 11.6 Å². The quantitative estimate of drug-likeness (QED) is 0.926. The molecule has 106 valence electrons. The summed E-state index contributed by atoms with van der Waals surface area (Å²) in [5, 5.41) is 9.50. The Labute approximate surface area is 117 Å². The van der Waals surface area contributed by atoms with E-state index in [1.165, 1.54) is 6.07 Å². The molecular formula is C13H16ClFO3S. The third-order valence-corrected chi connectivity index (χ3v) is 5.90. The maximum absolute atomic E-state index is 13.3. The van der Waals surface area contributed by atoms with Crippen LogP contribution >= 0.6 is 11.6 Å². The van der Waals surface area contributed by atoms with Crippen molar-refractivity contribution < 1.29 is 17.9 Å². The maximum atomic E-state index is 13.3. The van der Waals surface area contributed by atoms with E-state index in [1.807, 2.05) is 0 Å². The molecule has 0 saturated carbocycles. The summed E-state index contributed by atoms with van der Waals surface area (Å²) >= 11 is 5.88. The van der Waals surface area contributed by atoms with Crippen LogP contribution in [0.1, 0.15) is 12.0 Å². The number of hydrogen-bond acceptors (Lipinski definition) is 3. The van der Waals surface area contributed by atoms with Crippen molar-refractivity contribution in [1.82, 2.24) is 0 Å². The van der Waals surface area contributed by atoms with Crippen molar-refractivity contribution in [3.05, 3.63) is 34.6 Å². The Morgan fingerprint density at radius 1 is 1.47 bits per heavy atom. The first-order valence-electron chi connectivity index (χ1n) is 6.17. The molecule has 0 aliphatic carbocycles. The fourth-order valence-electron chi connectivity index (χ4n) is 2.56. The molecule has 1 aromatic carbocycles. The van der Waals surface area contributed by atoms with Gasteiger partial charge in [-0.05, 0) is 36.3 Å². The minimum atomic E-state index is -2.98. The van der Waals surface area contributed by atoms with Gasteiger partial charge in [0, 0.05) is 6.61 Å². The van der Waals surface area contributed by atoms with E-state index in [2.05, 4.69) is 0 Å². The summed E-state index contributed by atoms with van der Waals surface area (Å²) in [7, 11) is -2.98. The topological polar surface area (TPSA) is 54.4 Å². The number of halogens is 2. The summed E-state index contributed by atoms with van der Waals surface area (Å²) in [6.07, 6.45) is 0.952. The molecule has 19 heavy (non-hydrogen) atoms.